The normalized spacial score (nSPS) is 17.2. The molecule has 2 N–H and O–H groups in total. The van der Waals surface area contributed by atoms with Crippen molar-refractivity contribution in [2.75, 3.05) is 25.0 Å². The number of nitrogens with zero attached hydrogens (tertiary/aromatic N) is 1. The third-order valence-corrected chi connectivity index (χ3v) is 5.21. The summed E-state index contributed by atoms with van der Waals surface area (Å²) in [5.74, 6) is 0.842. The Morgan fingerprint density at radius 3 is 2.81 bits per heavy atom. The first-order valence-electron chi connectivity index (χ1n) is 9.25. The molecule has 1 atom stereocenters. The molecular formula is C20H27N3O2S. The number of aryl methyl sites for hydroxylation is 1. The zero-order valence-electron chi connectivity index (χ0n) is 15.7. The molecule has 2 aromatic rings. The molecule has 2 heterocycles. The Bertz CT molecular complexity index is 841. The minimum atomic E-state index is -0.336. The van der Waals surface area contributed by atoms with Crippen molar-refractivity contribution in [1.29, 1.82) is 0 Å². The van der Waals surface area contributed by atoms with E-state index in [1.165, 1.54) is 18.9 Å². The summed E-state index contributed by atoms with van der Waals surface area (Å²) in [4.78, 5) is 14.1. The van der Waals surface area contributed by atoms with Gasteiger partial charge in [0.05, 0.1) is 0 Å². The number of anilines is 1. The number of fused-ring (bicyclic) bond motifs is 1. The van der Waals surface area contributed by atoms with Crippen molar-refractivity contribution in [3.05, 3.63) is 40.2 Å². The molecule has 0 bridgehead atoms. The smallest absolute Gasteiger partial charge is 0.336 e. The highest BCUT2D eigenvalue weighted by Gasteiger charge is 2.17. The first-order chi connectivity index (χ1) is 12.4. The molecule has 1 aliphatic heterocycles. The van der Waals surface area contributed by atoms with Gasteiger partial charge in [-0.1, -0.05) is 6.92 Å². The molecule has 0 aliphatic carbocycles. The molecule has 0 spiro atoms. The van der Waals surface area contributed by atoms with Crippen LogP contribution in [0.3, 0.4) is 0 Å². The van der Waals surface area contributed by atoms with Gasteiger partial charge in [0.15, 0.2) is 5.11 Å². The Kier molecular flexibility index (Phi) is 5.94. The topological polar surface area (TPSA) is 57.5 Å². The number of piperidine rings is 1. The van der Waals surface area contributed by atoms with Gasteiger partial charge in [-0.05, 0) is 75.6 Å². The largest absolute Gasteiger partial charge is 0.423 e. The highest BCUT2D eigenvalue weighted by Crippen LogP contribution is 2.21. The van der Waals surface area contributed by atoms with Gasteiger partial charge in [-0.25, -0.2) is 4.79 Å². The minimum Gasteiger partial charge on any atom is -0.423 e. The summed E-state index contributed by atoms with van der Waals surface area (Å²) in [6.45, 7) is 9.69. The molecule has 0 radical (unpaired) electrons. The average molecular weight is 374 g/mol. The first kappa shape index (κ1) is 18.9. The van der Waals surface area contributed by atoms with Crippen LogP contribution in [0.1, 0.15) is 32.3 Å². The van der Waals surface area contributed by atoms with E-state index in [0.717, 1.165) is 42.2 Å². The molecule has 0 saturated carbocycles. The van der Waals surface area contributed by atoms with Crippen LogP contribution in [0, 0.1) is 12.8 Å². The summed E-state index contributed by atoms with van der Waals surface area (Å²) in [5.41, 5.74) is 1.95. The molecular weight excluding hydrogens is 346 g/mol. The van der Waals surface area contributed by atoms with Crippen LogP contribution in [-0.2, 0) is 0 Å². The number of nitrogens with one attached hydrogen (secondary N) is 2. The monoisotopic (exact) mass is 373 g/mol. The van der Waals surface area contributed by atoms with Crippen LogP contribution in [0.4, 0.5) is 5.69 Å². The molecule has 1 aromatic carbocycles. The zero-order chi connectivity index (χ0) is 18.7. The van der Waals surface area contributed by atoms with Crippen LogP contribution in [0.5, 0.6) is 0 Å². The molecule has 26 heavy (non-hydrogen) atoms. The molecule has 0 amide bonds. The van der Waals surface area contributed by atoms with Crippen LogP contribution in [0.15, 0.2) is 33.5 Å². The van der Waals surface area contributed by atoms with E-state index < -0.39 is 0 Å². The lowest BCUT2D eigenvalue weighted by Crippen LogP contribution is -2.45. The molecule has 5 nitrogen and oxygen atoms in total. The Labute approximate surface area is 159 Å². The van der Waals surface area contributed by atoms with Gasteiger partial charge in [0.1, 0.15) is 5.58 Å². The van der Waals surface area contributed by atoms with Crippen molar-refractivity contribution in [1.82, 2.24) is 10.2 Å². The van der Waals surface area contributed by atoms with E-state index in [1.54, 1.807) is 0 Å². The number of likely N-dealkylation sites (tertiary alicyclic amines) is 1. The highest BCUT2D eigenvalue weighted by atomic mass is 32.1. The van der Waals surface area contributed by atoms with E-state index in [2.05, 4.69) is 29.4 Å². The third kappa shape index (κ3) is 4.83. The van der Waals surface area contributed by atoms with Crippen molar-refractivity contribution in [2.24, 2.45) is 5.92 Å². The number of rotatable bonds is 4. The lowest BCUT2D eigenvalue weighted by Gasteiger charge is -2.32. The van der Waals surface area contributed by atoms with Crippen molar-refractivity contribution < 1.29 is 4.42 Å². The maximum Gasteiger partial charge on any atom is 0.336 e. The van der Waals surface area contributed by atoms with Crippen molar-refractivity contribution in [2.45, 2.75) is 39.7 Å². The summed E-state index contributed by atoms with van der Waals surface area (Å²) in [5, 5.41) is 8.04. The van der Waals surface area contributed by atoms with Gasteiger partial charge in [0, 0.05) is 35.8 Å². The van der Waals surface area contributed by atoms with Gasteiger partial charge < -0.3 is 20.0 Å². The molecule has 140 valence electrons. The van der Waals surface area contributed by atoms with Crippen LogP contribution < -0.4 is 16.3 Å². The van der Waals surface area contributed by atoms with Crippen LogP contribution in [-0.4, -0.2) is 35.7 Å². The number of hydrogen-bond donors (Lipinski definition) is 2. The highest BCUT2D eigenvalue weighted by molar-refractivity contribution is 7.80. The van der Waals surface area contributed by atoms with Gasteiger partial charge in [-0.3, -0.25) is 0 Å². The second kappa shape index (κ2) is 8.18. The molecule has 0 unspecified atom stereocenters. The van der Waals surface area contributed by atoms with E-state index in [1.807, 2.05) is 25.1 Å². The lowest BCUT2D eigenvalue weighted by atomic mass is 9.99. The van der Waals surface area contributed by atoms with E-state index >= 15 is 0 Å². The Morgan fingerprint density at radius 2 is 2.08 bits per heavy atom. The molecule has 1 saturated heterocycles. The summed E-state index contributed by atoms with van der Waals surface area (Å²) in [6, 6.07) is 7.47. The first-order valence-corrected chi connectivity index (χ1v) is 9.66. The molecule has 1 aromatic heterocycles. The van der Waals surface area contributed by atoms with Crippen molar-refractivity contribution in [3.63, 3.8) is 0 Å². The second-order valence-electron chi connectivity index (χ2n) is 7.44. The van der Waals surface area contributed by atoms with Gasteiger partial charge in [0.25, 0.3) is 0 Å². The molecule has 1 fully saturated rings. The lowest BCUT2D eigenvalue weighted by molar-refractivity contribution is 0.182. The third-order valence-electron chi connectivity index (χ3n) is 5.00. The fraction of sp³-hybridized carbons (Fsp3) is 0.500. The fourth-order valence-corrected chi connectivity index (χ4v) is 3.79. The predicted molar refractivity (Wildman–Crippen MR) is 111 cm³/mol. The summed E-state index contributed by atoms with van der Waals surface area (Å²) >= 11 is 5.44. The van der Waals surface area contributed by atoms with E-state index in [4.69, 9.17) is 16.6 Å². The van der Waals surface area contributed by atoms with Gasteiger partial charge in [0.2, 0.25) is 0 Å². The van der Waals surface area contributed by atoms with Crippen LogP contribution in [0.25, 0.3) is 11.0 Å². The Balaban J connectivity index is 1.57. The summed E-state index contributed by atoms with van der Waals surface area (Å²) in [6.07, 6.45) is 2.55. The molecule has 3 rings (SSSR count). The van der Waals surface area contributed by atoms with Crippen LogP contribution >= 0.6 is 12.2 Å². The SMILES string of the molecule is Cc1cc(=O)oc2cc(NC(=S)N[C@H](C)CN3CCC(C)CC3)ccc12. The van der Waals surface area contributed by atoms with Crippen LogP contribution in [0.2, 0.25) is 0 Å². The Hall–Kier alpha value is -1.92. The number of benzene rings is 1. The zero-order valence-corrected chi connectivity index (χ0v) is 16.5. The quantitative estimate of drug-likeness (QED) is 0.632. The maximum absolute atomic E-state index is 11.6. The van der Waals surface area contributed by atoms with E-state index in [0.29, 0.717) is 10.7 Å². The molecule has 6 heteroatoms. The minimum absolute atomic E-state index is 0.268. The van der Waals surface area contributed by atoms with Gasteiger partial charge in [-0.2, -0.15) is 0 Å². The molecule has 1 aliphatic rings. The fourth-order valence-electron chi connectivity index (χ4n) is 3.47. The predicted octanol–water partition coefficient (Wildman–Crippen LogP) is 3.51. The number of thiocarbonyl (C=S) groups is 1. The Morgan fingerprint density at radius 1 is 1.35 bits per heavy atom. The van der Waals surface area contributed by atoms with E-state index in [-0.39, 0.29) is 11.7 Å². The van der Waals surface area contributed by atoms with E-state index in [9.17, 15) is 4.79 Å². The maximum atomic E-state index is 11.6. The van der Waals surface area contributed by atoms with Gasteiger partial charge in [-0.15, -0.1) is 0 Å². The van der Waals surface area contributed by atoms with Gasteiger partial charge >= 0.3 is 5.63 Å². The summed E-state index contributed by atoms with van der Waals surface area (Å²) in [7, 11) is 0. The van der Waals surface area contributed by atoms with Crippen molar-refractivity contribution >= 4 is 34.0 Å². The number of hydrogen-bond acceptors (Lipinski definition) is 4. The average Bonchev–Trinajstić information content (AvgIpc) is 2.56. The van der Waals surface area contributed by atoms with Crippen molar-refractivity contribution in [3.8, 4) is 0 Å². The second-order valence-corrected chi connectivity index (χ2v) is 7.85. The summed E-state index contributed by atoms with van der Waals surface area (Å²) < 4.78 is 5.29. The standard InChI is InChI=1S/C20H27N3O2S/c1-13-6-8-23(9-7-13)12-15(3)21-20(26)22-16-4-5-17-14(2)10-19(24)25-18(17)11-16/h4-5,10-11,13,15H,6-9,12H2,1-3H3,(H2,21,22,26)/t15-/m1/s1.